The molecule has 0 spiro atoms. The SMILES string of the molecule is CCOP1S[P+](OCC)(SS)S1. The van der Waals surface area contributed by atoms with E-state index in [4.69, 9.17) is 9.05 Å². The van der Waals surface area contributed by atoms with Crippen molar-refractivity contribution < 1.29 is 9.05 Å². The number of hydrogen-bond acceptors (Lipinski definition) is 6. The Morgan fingerprint density at radius 2 is 2.08 bits per heavy atom. The van der Waals surface area contributed by atoms with E-state index in [9.17, 15) is 0 Å². The molecule has 0 unspecified atom stereocenters. The summed E-state index contributed by atoms with van der Waals surface area (Å²) in [5.41, 5.74) is 0. The van der Waals surface area contributed by atoms with Crippen LogP contribution in [-0.2, 0) is 9.05 Å². The van der Waals surface area contributed by atoms with E-state index in [2.05, 4.69) is 11.7 Å². The first-order chi connectivity index (χ1) is 5.76. The first kappa shape index (κ1) is 12.3. The maximum Gasteiger partial charge on any atom is 0.346 e. The summed E-state index contributed by atoms with van der Waals surface area (Å²) < 4.78 is 11.1. The molecule has 1 fully saturated rings. The predicted molar refractivity (Wildman–Crippen MR) is 68.9 cm³/mol. The molecule has 1 aliphatic heterocycles. The molecule has 0 aromatic heterocycles. The molecule has 1 saturated heterocycles. The van der Waals surface area contributed by atoms with Crippen molar-refractivity contribution in [1.82, 2.24) is 0 Å². The molecular formula is C4H11O2P2S4+. The quantitative estimate of drug-likeness (QED) is 0.432. The maximum absolute atomic E-state index is 5.65. The van der Waals surface area contributed by atoms with E-state index < -0.39 is 5.10 Å². The first-order valence-corrected chi connectivity index (χ1v) is 12.9. The summed E-state index contributed by atoms with van der Waals surface area (Å²) in [7, 11) is 1.56. The fourth-order valence-electron chi connectivity index (χ4n) is 0.581. The lowest BCUT2D eigenvalue weighted by molar-refractivity contribution is 0.388. The van der Waals surface area contributed by atoms with Crippen LogP contribution in [-0.4, -0.2) is 13.2 Å². The molecule has 0 bridgehead atoms. The third-order valence-electron chi connectivity index (χ3n) is 0.955. The molecule has 0 N–H and O–H groups in total. The van der Waals surface area contributed by atoms with Gasteiger partial charge in [0.05, 0.1) is 13.2 Å². The zero-order valence-electron chi connectivity index (χ0n) is 6.80. The van der Waals surface area contributed by atoms with Crippen LogP contribution in [0, 0.1) is 0 Å². The second-order valence-electron chi connectivity index (χ2n) is 1.75. The molecule has 0 radical (unpaired) electrons. The lowest BCUT2D eigenvalue weighted by Gasteiger charge is -2.29. The molecule has 12 heavy (non-hydrogen) atoms. The first-order valence-electron chi connectivity index (χ1n) is 3.45. The second kappa shape index (κ2) is 5.92. The van der Waals surface area contributed by atoms with Gasteiger partial charge in [-0.05, 0) is 13.8 Å². The Labute approximate surface area is 91.5 Å². The van der Waals surface area contributed by atoms with Gasteiger partial charge >= 0.3 is 5.10 Å². The van der Waals surface area contributed by atoms with Crippen molar-refractivity contribution in [2.45, 2.75) is 13.8 Å². The number of thiol groups is 1. The van der Waals surface area contributed by atoms with Gasteiger partial charge < -0.3 is 4.52 Å². The van der Waals surface area contributed by atoms with Gasteiger partial charge in [0.25, 0.3) is 0 Å². The monoisotopic (exact) mass is 281 g/mol. The summed E-state index contributed by atoms with van der Waals surface area (Å²) in [6.07, 6.45) is 0. The lowest BCUT2D eigenvalue weighted by Crippen LogP contribution is -1.92. The van der Waals surface area contributed by atoms with E-state index in [0.717, 1.165) is 13.2 Å². The fourth-order valence-corrected chi connectivity index (χ4v) is 29.5. The summed E-state index contributed by atoms with van der Waals surface area (Å²) >= 11 is 7.93. The van der Waals surface area contributed by atoms with Crippen LogP contribution in [0.2, 0.25) is 0 Å². The molecule has 0 aliphatic carbocycles. The lowest BCUT2D eigenvalue weighted by atomic mass is 10.9. The normalized spacial score (nSPS) is 34.8. The Bertz CT molecular complexity index is 143. The third kappa shape index (κ3) is 3.09. The molecule has 1 heterocycles. The Morgan fingerprint density at radius 3 is 2.50 bits per heavy atom. The van der Waals surface area contributed by atoms with E-state index in [0.29, 0.717) is 0 Å². The van der Waals surface area contributed by atoms with Gasteiger partial charge in [0.1, 0.15) is 32.4 Å². The summed E-state index contributed by atoms with van der Waals surface area (Å²) in [5.74, 6) is 0. The van der Waals surface area contributed by atoms with Crippen molar-refractivity contribution in [2.24, 2.45) is 0 Å². The minimum Gasteiger partial charge on any atom is -0.334 e. The van der Waals surface area contributed by atoms with Gasteiger partial charge in [-0.2, -0.15) is 4.52 Å². The van der Waals surface area contributed by atoms with Crippen molar-refractivity contribution in [3.8, 4) is 0 Å². The van der Waals surface area contributed by atoms with Crippen molar-refractivity contribution in [3.05, 3.63) is 0 Å². The molecule has 2 nitrogen and oxygen atoms in total. The minimum absolute atomic E-state index is 0.315. The van der Waals surface area contributed by atoms with Crippen LogP contribution in [0.5, 0.6) is 0 Å². The number of rotatable bonds is 5. The van der Waals surface area contributed by atoms with E-state index in [1.165, 1.54) is 0 Å². The van der Waals surface area contributed by atoms with E-state index in [1.807, 2.05) is 35.9 Å². The van der Waals surface area contributed by atoms with Gasteiger partial charge in [-0.1, -0.05) is 11.7 Å². The average molecular weight is 281 g/mol. The van der Waals surface area contributed by atoms with Gasteiger partial charge in [-0.15, -0.1) is 0 Å². The third-order valence-corrected chi connectivity index (χ3v) is 29.2. The molecule has 1 aliphatic rings. The van der Waals surface area contributed by atoms with Crippen molar-refractivity contribution in [3.63, 3.8) is 0 Å². The van der Waals surface area contributed by atoms with E-state index in [1.54, 1.807) is 10.4 Å². The van der Waals surface area contributed by atoms with Crippen LogP contribution < -0.4 is 0 Å². The summed E-state index contributed by atoms with van der Waals surface area (Å²) in [5, 5.41) is -1.32. The van der Waals surface area contributed by atoms with E-state index in [-0.39, 0.29) is 6.55 Å². The highest BCUT2D eigenvalue weighted by Gasteiger charge is 2.62. The van der Waals surface area contributed by atoms with Crippen LogP contribution in [0.25, 0.3) is 0 Å². The smallest absolute Gasteiger partial charge is 0.334 e. The van der Waals surface area contributed by atoms with Gasteiger partial charge in [0.15, 0.2) is 0 Å². The van der Waals surface area contributed by atoms with Crippen LogP contribution in [0.4, 0.5) is 0 Å². The van der Waals surface area contributed by atoms with Gasteiger partial charge in [0, 0.05) is 0 Å². The molecule has 8 heteroatoms. The van der Waals surface area contributed by atoms with Crippen LogP contribution >= 0.6 is 55.7 Å². The second-order valence-corrected chi connectivity index (χ2v) is 19.4. The van der Waals surface area contributed by atoms with Gasteiger partial charge in [-0.3, -0.25) is 0 Å². The molecule has 1 rings (SSSR count). The maximum atomic E-state index is 5.65. The van der Waals surface area contributed by atoms with Crippen molar-refractivity contribution in [2.75, 3.05) is 13.2 Å². The van der Waals surface area contributed by atoms with Crippen LogP contribution in [0.3, 0.4) is 0 Å². The highest BCUT2D eigenvalue weighted by atomic mass is 33.8. The Kier molecular flexibility index (Phi) is 6.04. The van der Waals surface area contributed by atoms with Gasteiger partial charge in [-0.25, -0.2) is 0 Å². The van der Waals surface area contributed by atoms with Crippen LogP contribution in [0.1, 0.15) is 13.8 Å². The summed E-state index contributed by atoms with van der Waals surface area (Å²) in [6, 6.07) is 0. The minimum atomic E-state index is -1.32. The highest BCUT2D eigenvalue weighted by Crippen LogP contribution is 3.12. The zero-order valence-corrected chi connectivity index (χ0v) is 11.9. The molecule has 0 atom stereocenters. The highest BCUT2D eigenvalue weighted by molar-refractivity contribution is 9.53. The molecule has 0 aromatic carbocycles. The molecule has 0 aromatic rings. The summed E-state index contributed by atoms with van der Waals surface area (Å²) in [6.45, 7) is 5.31. The van der Waals surface area contributed by atoms with Crippen LogP contribution in [0.15, 0.2) is 0 Å². The van der Waals surface area contributed by atoms with Crippen molar-refractivity contribution in [1.29, 1.82) is 0 Å². The Hall–Kier alpha value is 2.18. The van der Waals surface area contributed by atoms with E-state index >= 15 is 0 Å². The number of hydrogen-bond donors (Lipinski definition) is 1. The average Bonchev–Trinajstić information content (AvgIpc) is 2.01. The molecular weight excluding hydrogens is 270 g/mol. The topological polar surface area (TPSA) is 18.5 Å². The zero-order chi connectivity index (χ0) is 9.03. The Balaban J connectivity index is 2.25. The Morgan fingerprint density at radius 1 is 1.42 bits per heavy atom. The fraction of sp³-hybridized carbons (Fsp3) is 1.00. The van der Waals surface area contributed by atoms with Crippen molar-refractivity contribution >= 4 is 55.7 Å². The molecule has 0 saturated carbocycles. The summed E-state index contributed by atoms with van der Waals surface area (Å²) in [4.78, 5) is 0. The largest absolute Gasteiger partial charge is 0.346 e. The standard InChI is InChI=1S/C4H10O2P2S4/c1-3-5-7-10-8(11-7,12-9)6-4-2/h3-4H2,1-2H3/p+1. The predicted octanol–water partition coefficient (Wildman–Crippen LogP) is 5.02. The van der Waals surface area contributed by atoms with Gasteiger partial charge in [0.2, 0.25) is 6.55 Å². The molecule has 0 amide bonds. The molecule has 72 valence electrons.